The molecular weight excluding hydrogens is 162 g/mol. The molecule has 0 spiro atoms. The Hall–Kier alpha value is -0.530. The summed E-state index contributed by atoms with van der Waals surface area (Å²) in [5.41, 5.74) is 0. The monoisotopic (exact) mass is 184 g/mol. The highest BCUT2D eigenvalue weighted by atomic mass is 16.1. The van der Waals surface area contributed by atoms with E-state index in [-0.39, 0.29) is 5.91 Å². The number of amides is 1. The topological polar surface area (TPSA) is 29.1 Å². The summed E-state index contributed by atoms with van der Waals surface area (Å²) in [5, 5.41) is 2.88. The van der Waals surface area contributed by atoms with E-state index in [0.29, 0.717) is 12.8 Å². The van der Waals surface area contributed by atoms with Crippen LogP contribution in [0.2, 0.25) is 0 Å². The molecule has 0 aromatic rings. The van der Waals surface area contributed by atoms with Crippen molar-refractivity contribution in [2.45, 2.75) is 46.0 Å². The van der Waals surface area contributed by atoms with Gasteiger partial charge in [0.1, 0.15) is 0 Å². The molecule has 1 atom stereocenters. The van der Waals surface area contributed by atoms with Crippen LogP contribution in [-0.2, 0) is 4.79 Å². The summed E-state index contributed by atoms with van der Waals surface area (Å²) in [6.45, 7) is 8.91. The van der Waals surface area contributed by atoms with Crippen LogP contribution in [0.1, 0.15) is 46.0 Å². The van der Waals surface area contributed by atoms with Crippen LogP contribution in [0.3, 0.4) is 0 Å². The van der Waals surface area contributed by atoms with Gasteiger partial charge in [-0.3, -0.25) is 4.79 Å². The molecule has 13 heavy (non-hydrogen) atoms. The number of carbonyl (C=O) groups is 1. The second-order valence-electron chi connectivity index (χ2n) is 3.61. The Morgan fingerprint density at radius 1 is 1.54 bits per heavy atom. The first kappa shape index (κ1) is 12.5. The first-order valence-corrected chi connectivity index (χ1v) is 5.26. The van der Waals surface area contributed by atoms with Crippen molar-refractivity contribution in [1.82, 2.24) is 5.32 Å². The Labute approximate surface area is 82.1 Å². The first-order chi connectivity index (χ1) is 6.20. The zero-order chi connectivity index (χ0) is 10.1. The molecule has 2 nitrogen and oxygen atoms in total. The summed E-state index contributed by atoms with van der Waals surface area (Å²) in [5.74, 6) is 0.920. The molecule has 1 unspecified atom stereocenters. The van der Waals surface area contributed by atoms with Gasteiger partial charge in [0.2, 0.25) is 5.91 Å². The molecular formula is C11H22NO. The van der Waals surface area contributed by atoms with Gasteiger partial charge in [0.15, 0.2) is 0 Å². The predicted octanol–water partition coefficient (Wildman–Crippen LogP) is 2.54. The Balaban J connectivity index is 3.20. The quantitative estimate of drug-likeness (QED) is 0.605. The summed E-state index contributed by atoms with van der Waals surface area (Å²) in [6, 6.07) is 0. The first-order valence-electron chi connectivity index (χ1n) is 5.26. The van der Waals surface area contributed by atoms with Gasteiger partial charge in [-0.1, -0.05) is 27.2 Å². The molecule has 0 saturated carbocycles. The smallest absolute Gasteiger partial charge is 0.219 e. The van der Waals surface area contributed by atoms with Crippen molar-refractivity contribution >= 4 is 5.91 Å². The number of nitrogens with one attached hydrogen (secondary N) is 1. The Morgan fingerprint density at radius 3 is 2.77 bits per heavy atom. The van der Waals surface area contributed by atoms with Crippen LogP contribution in [-0.4, -0.2) is 12.5 Å². The maximum atomic E-state index is 11.0. The predicted molar refractivity (Wildman–Crippen MR) is 56.3 cm³/mol. The van der Waals surface area contributed by atoms with E-state index in [4.69, 9.17) is 0 Å². The molecule has 77 valence electrons. The fourth-order valence-electron chi connectivity index (χ4n) is 1.13. The van der Waals surface area contributed by atoms with Crippen LogP contribution in [0.5, 0.6) is 0 Å². The summed E-state index contributed by atoms with van der Waals surface area (Å²) in [4.78, 5) is 11.0. The van der Waals surface area contributed by atoms with E-state index in [0.717, 1.165) is 18.9 Å². The number of hydrogen-bond acceptors (Lipinski definition) is 1. The molecule has 0 aromatic heterocycles. The highest BCUT2D eigenvalue weighted by Gasteiger charge is 2.00. The summed E-state index contributed by atoms with van der Waals surface area (Å²) >= 11 is 0. The molecule has 0 fully saturated rings. The van der Waals surface area contributed by atoms with Crippen molar-refractivity contribution in [3.05, 3.63) is 6.92 Å². The van der Waals surface area contributed by atoms with E-state index in [1.54, 1.807) is 0 Å². The van der Waals surface area contributed by atoms with Crippen molar-refractivity contribution < 1.29 is 4.79 Å². The summed E-state index contributed by atoms with van der Waals surface area (Å²) in [6.07, 6.45) is 4.78. The lowest BCUT2D eigenvalue weighted by molar-refractivity contribution is -0.121. The minimum Gasteiger partial charge on any atom is -0.356 e. The second kappa shape index (κ2) is 8.09. The fraction of sp³-hybridized carbons (Fsp3) is 0.818. The highest BCUT2D eigenvalue weighted by molar-refractivity contribution is 5.75. The fourth-order valence-corrected chi connectivity index (χ4v) is 1.13. The summed E-state index contributed by atoms with van der Waals surface area (Å²) < 4.78 is 0. The Bertz CT molecular complexity index is 134. The molecule has 0 aliphatic heterocycles. The third-order valence-electron chi connectivity index (χ3n) is 2.30. The molecule has 2 heteroatoms. The van der Waals surface area contributed by atoms with Crippen LogP contribution in [0.15, 0.2) is 0 Å². The van der Waals surface area contributed by atoms with Crippen molar-refractivity contribution in [3.8, 4) is 0 Å². The third kappa shape index (κ3) is 7.82. The molecule has 0 bridgehead atoms. The van der Waals surface area contributed by atoms with Gasteiger partial charge < -0.3 is 5.32 Å². The van der Waals surface area contributed by atoms with Crippen LogP contribution in [0, 0.1) is 12.8 Å². The standard InChI is InChI=1S/C11H22NO/c1-4-7-11(13)12-9-6-8-10(3)5-2/h10H,1,4-9H2,2-3H3,(H,12,13). The zero-order valence-electron chi connectivity index (χ0n) is 8.94. The van der Waals surface area contributed by atoms with Gasteiger partial charge >= 0.3 is 0 Å². The minimum atomic E-state index is 0.138. The van der Waals surface area contributed by atoms with E-state index < -0.39 is 0 Å². The van der Waals surface area contributed by atoms with E-state index in [2.05, 4.69) is 26.1 Å². The summed E-state index contributed by atoms with van der Waals surface area (Å²) in [7, 11) is 0. The molecule has 0 aromatic carbocycles. The van der Waals surface area contributed by atoms with E-state index in [1.807, 2.05) is 0 Å². The van der Waals surface area contributed by atoms with Gasteiger partial charge in [-0.15, -0.1) is 0 Å². The van der Waals surface area contributed by atoms with Crippen LogP contribution in [0.25, 0.3) is 0 Å². The largest absolute Gasteiger partial charge is 0.356 e. The third-order valence-corrected chi connectivity index (χ3v) is 2.30. The molecule has 0 aliphatic rings. The van der Waals surface area contributed by atoms with Gasteiger partial charge in [0.25, 0.3) is 0 Å². The Morgan fingerprint density at radius 2 is 2.23 bits per heavy atom. The van der Waals surface area contributed by atoms with Crippen molar-refractivity contribution in [1.29, 1.82) is 0 Å². The molecule has 1 radical (unpaired) electrons. The molecule has 1 N–H and O–H groups in total. The van der Waals surface area contributed by atoms with Gasteiger partial charge in [0, 0.05) is 13.0 Å². The SMILES string of the molecule is [CH2]CCC(=O)NCCCC(C)CC. The lowest BCUT2D eigenvalue weighted by Crippen LogP contribution is -2.24. The Kier molecular flexibility index (Phi) is 7.76. The molecule has 1 amide bonds. The minimum absolute atomic E-state index is 0.138. The maximum Gasteiger partial charge on any atom is 0.219 e. The van der Waals surface area contributed by atoms with Crippen LogP contribution >= 0.6 is 0 Å². The van der Waals surface area contributed by atoms with Gasteiger partial charge in [-0.2, -0.15) is 0 Å². The highest BCUT2D eigenvalue weighted by Crippen LogP contribution is 2.07. The number of hydrogen-bond donors (Lipinski definition) is 1. The average molecular weight is 184 g/mol. The van der Waals surface area contributed by atoms with Gasteiger partial charge in [0.05, 0.1) is 0 Å². The number of rotatable bonds is 7. The molecule has 0 aliphatic carbocycles. The van der Waals surface area contributed by atoms with E-state index in [9.17, 15) is 4.79 Å². The normalized spacial score (nSPS) is 12.5. The van der Waals surface area contributed by atoms with Gasteiger partial charge in [-0.05, 0) is 25.2 Å². The van der Waals surface area contributed by atoms with Crippen LogP contribution < -0.4 is 5.32 Å². The average Bonchev–Trinajstić information content (AvgIpc) is 2.12. The maximum absolute atomic E-state index is 11.0. The lowest BCUT2D eigenvalue weighted by atomic mass is 10.0. The van der Waals surface area contributed by atoms with Crippen molar-refractivity contribution in [3.63, 3.8) is 0 Å². The van der Waals surface area contributed by atoms with E-state index in [1.165, 1.54) is 12.8 Å². The molecule has 0 saturated heterocycles. The van der Waals surface area contributed by atoms with Crippen molar-refractivity contribution in [2.24, 2.45) is 5.92 Å². The van der Waals surface area contributed by atoms with Crippen molar-refractivity contribution in [2.75, 3.05) is 6.54 Å². The van der Waals surface area contributed by atoms with Crippen LogP contribution in [0.4, 0.5) is 0 Å². The zero-order valence-corrected chi connectivity index (χ0v) is 8.94. The van der Waals surface area contributed by atoms with E-state index >= 15 is 0 Å². The number of carbonyl (C=O) groups excluding carboxylic acids is 1. The second-order valence-corrected chi connectivity index (χ2v) is 3.61. The molecule has 0 heterocycles. The molecule has 0 rings (SSSR count). The van der Waals surface area contributed by atoms with Gasteiger partial charge in [-0.25, -0.2) is 0 Å². The lowest BCUT2D eigenvalue weighted by Gasteiger charge is -2.08.